The molecule has 18 heavy (non-hydrogen) atoms. The molecule has 0 aliphatic carbocycles. The second kappa shape index (κ2) is 6.33. The normalized spacial score (nSPS) is 10.3. The van der Waals surface area contributed by atoms with Gasteiger partial charge in [0.05, 0.1) is 0 Å². The van der Waals surface area contributed by atoms with E-state index < -0.39 is 0 Å². The van der Waals surface area contributed by atoms with E-state index in [0.29, 0.717) is 19.4 Å². The van der Waals surface area contributed by atoms with Crippen molar-refractivity contribution >= 4 is 22.9 Å². The van der Waals surface area contributed by atoms with Crippen LogP contribution in [0.5, 0.6) is 0 Å². The number of hydrogen-bond acceptors (Lipinski definition) is 3. The Morgan fingerprint density at radius 3 is 2.78 bits per heavy atom. The minimum Gasteiger partial charge on any atom is -0.330 e. The summed E-state index contributed by atoms with van der Waals surface area (Å²) in [7, 11) is 0. The second-order valence-electron chi connectivity index (χ2n) is 3.96. The van der Waals surface area contributed by atoms with E-state index in [0.717, 1.165) is 16.1 Å². The van der Waals surface area contributed by atoms with Gasteiger partial charge in [-0.1, -0.05) is 24.3 Å². The third-order valence-electron chi connectivity index (χ3n) is 2.60. The zero-order chi connectivity index (χ0) is 12.8. The summed E-state index contributed by atoms with van der Waals surface area (Å²) in [6.45, 7) is 0.542. The van der Waals surface area contributed by atoms with E-state index in [1.54, 1.807) is 11.3 Å². The molecule has 0 bridgehead atoms. The number of anilines is 1. The van der Waals surface area contributed by atoms with Gasteiger partial charge in [-0.15, -0.1) is 11.3 Å². The van der Waals surface area contributed by atoms with Crippen LogP contribution in [0.15, 0.2) is 41.8 Å². The quantitative estimate of drug-likeness (QED) is 0.868. The molecule has 0 atom stereocenters. The highest BCUT2D eigenvalue weighted by atomic mass is 32.1. The van der Waals surface area contributed by atoms with Gasteiger partial charge in [-0.3, -0.25) is 4.79 Å². The predicted molar refractivity (Wildman–Crippen MR) is 76.7 cm³/mol. The fourth-order valence-electron chi connectivity index (χ4n) is 1.71. The molecule has 0 aliphatic heterocycles. The lowest BCUT2D eigenvalue weighted by Gasteiger charge is -2.09. The molecule has 1 amide bonds. The van der Waals surface area contributed by atoms with E-state index in [1.165, 1.54) is 0 Å². The van der Waals surface area contributed by atoms with Crippen LogP contribution in [0, 0.1) is 0 Å². The van der Waals surface area contributed by atoms with Crippen LogP contribution < -0.4 is 11.1 Å². The molecule has 2 rings (SSSR count). The highest BCUT2D eigenvalue weighted by Crippen LogP contribution is 2.31. The predicted octanol–water partition coefficient (Wildman–Crippen LogP) is 3.09. The van der Waals surface area contributed by atoms with Gasteiger partial charge < -0.3 is 11.1 Å². The Morgan fingerprint density at radius 2 is 2.06 bits per heavy atom. The van der Waals surface area contributed by atoms with Crippen molar-refractivity contribution in [1.29, 1.82) is 0 Å². The number of benzene rings is 1. The van der Waals surface area contributed by atoms with Gasteiger partial charge in [-0.05, 0) is 30.5 Å². The van der Waals surface area contributed by atoms with Crippen LogP contribution in [0.2, 0.25) is 0 Å². The van der Waals surface area contributed by atoms with Crippen LogP contribution in [-0.2, 0) is 4.79 Å². The molecule has 0 unspecified atom stereocenters. The minimum atomic E-state index is 0.0180. The van der Waals surface area contributed by atoms with Crippen molar-refractivity contribution in [1.82, 2.24) is 0 Å². The van der Waals surface area contributed by atoms with Gasteiger partial charge in [-0.25, -0.2) is 0 Å². The van der Waals surface area contributed by atoms with Gasteiger partial charge in [-0.2, -0.15) is 0 Å². The monoisotopic (exact) mass is 260 g/mol. The Balaban J connectivity index is 2.16. The first-order valence-corrected chi connectivity index (χ1v) is 6.82. The lowest BCUT2D eigenvalue weighted by atomic mass is 10.1. The second-order valence-corrected chi connectivity index (χ2v) is 4.91. The maximum Gasteiger partial charge on any atom is 0.224 e. The van der Waals surface area contributed by atoms with Gasteiger partial charge >= 0.3 is 0 Å². The molecule has 2 aromatic rings. The van der Waals surface area contributed by atoms with Crippen molar-refractivity contribution in [3.8, 4) is 10.4 Å². The Labute approximate surface area is 111 Å². The summed E-state index contributed by atoms with van der Waals surface area (Å²) in [4.78, 5) is 12.9. The third-order valence-corrected chi connectivity index (χ3v) is 3.50. The van der Waals surface area contributed by atoms with Crippen LogP contribution in [0.3, 0.4) is 0 Å². The lowest BCUT2D eigenvalue weighted by molar-refractivity contribution is -0.116. The third kappa shape index (κ3) is 3.18. The summed E-state index contributed by atoms with van der Waals surface area (Å²) in [5, 5.41) is 4.98. The summed E-state index contributed by atoms with van der Waals surface area (Å²) in [6, 6.07) is 11.9. The van der Waals surface area contributed by atoms with Crippen LogP contribution in [-0.4, -0.2) is 12.5 Å². The van der Waals surface area contributed by atoms with Crippen LogP contribution in [0.4, 0.5) is 5.69 Å². The fourth-order valence-corrected chi connectivity index (χ4v) is 2.48. The summed E-state index contributed by atoms with van der Waals surface area (Å²) in [5.74, 6) is 0.0180. The standard InChI is InChI=1S/C14H16N2OS/c15-9-3-8-14(17)16-12-6-2-1-5-11(12)13-7-4-10-18-13/h1-2,4-7,10H,3,8-9,15H2,(H,16,17). The molecule has 1 heterocycles. The number of amides is 1. The smallest absolute Gasteiger partial charge is 0.224 e. The maximum atomic E-state index is 11.7. The first-order valence-electron chi connectivity index (χ1n) is 5.94. The van der Waals surface area contributed by atoms with Gasteiger partial charge in [0.15, 0.2) is 0 Å². The molecule has 4 heteroatoms. The highest BCUT2D eigenvalue weighted by Gasteiger charge is 2.08. The van der Waals surface area contributed by atoms with E-state index in [2.05, 4.69) is 11.4 Å². The van der Waals surface area contributed by atoms with Crippen molar-refractivity contribution in [2.24, 2.45) is 5.73 Å². The molecule has 0 radical (unpaired) electrons. The molecule has 0 aliphatic rings. The molecule has 3 N–H and O–H groups in total. The van der Waals surface area contributed by atoms with Gasteiger partial charge in [0, 0.05) is 22.5 Å². The zero-order valence-corrected chi connectivity index (χ0v) is 10.9. The molecule has 3 nitrogen and oxygen atoms in total. The van der Waals surface area contributed by atoms with Crippen molar-refractivity contribution in [2.75, 3.05) is 11.9 Å². The van der Waals surface area contributed by atoms with Crippen molar-refractivity contribution < 1.29 is 4.79 Å². The van der Waals surface area contributed by atoms with Crippen molar-refractivity contribution in [3.63, 3.8) is 0 Å². The number of nitrogens with two attached hydrogens (primary N) is 1. The summed E-state index contributed by atoms with van der Waals surface area (Å²) < 4.78 is 0. The number of carbonyl (C=O) groups is 1. The van der Waals surface area contributed by atoms with Gasteiger partial charge in [0.2, 0.25) is 5.91 Å². The molecule has 0 fully saturated rings. The first-order chi connectivity index (χ1) is 8.81. The van der Waals surface area contributed by atoms with E-state index in [-0.39, 0.29) is 5.91 Å². The molecule has 94 valence electrons. The average molecular weight is 260 g/mol. The number of para-hydroxylation sites is 1. The summed E-state index contributed by atoms with van der Waals surface area (Å²) in [5.41, 5.74) is 7.33. The fraction of sp³-hybridized carbons (Fsp3) is 0.214. The summed E-state index contributed by atoms with van der Waals surface area (Å²) >= 11 is 1.66. The number of rotatable bonds is 5. The largest absolute Gasteiger partial charge is 0.330 e. The van der Waals surface area contributed by atoms with E-state index in [1.807, 2.05) is 35.7 Å². The average Bonchev–Trinajstić information content (AvgIpc) is 2.91. The first kappa shape index (κ1) is 12.8. The van der Waals surface area contributed by atoms with Crippen LogP contribution in [0.25, 0.3) is 10.4 Å². The molecule has 1 aromatic heterocycles. The zero-order valence-electron chi connectivity index (χ0n) is 10.1. The Kier molecular flexibility index (Phi) is 4.50. The van der Waals surface area contributed by atoms with Crippen LogP contribution >= 0.6 is 11.3 Å². The van der Waals surface area contributed by atoms with Crippen molar-refractivity contribution in [3.05, 3.63) is 41.8 Å². The summed E-state index contributed by atoms with van der Waals surface area (Å²) in [6.07, 6.45) is 1.18. The molecular formula is C14H16N2OS. The van der Waals surface area contributed by atoms with E-state index in [9.17, 15) is 4.79 Å². The number of nitrogens with one attached hydrogen (secondary N) is 1. The molecule has 1 aromatic carbocycles. The Morgan fingerprint density at radius 1 is 1.22 bits per heavy atom. The lowest BCUT2D eigenvalue weighted by Crippen LogP contribution is -2.13. The molecular weight excluding hydrogens is 244 g/mol. The molecule has 0 saturated carbocycles. The molecule has 0 spiro atoms. The SMILES string of the molecule is NCCCC(=O)Nc1ccccc1-c1cccs1. The Hall–Kier alpha value is -1.65. The number of thiophene rings is 1. The van der Waals surface area contributed by atoms with Crippen LogP contribution in [0.1, 0.15) is 12.8 Å². The Bertz CT molecular complexity index is 508. The highest BCUT2D eigenvalue weighted by molar-refractivity contribution is 7.13. The number of carbonyl (C=O) groups excluding carboxylic acids is 1. The minimum absolute atomic E-state index is 0.0180. The molecule has 0 saturated heterocycles. The maximum absolute atomic E-state index is 11.7. The van der Waals surface area contributed by atoms with Crippen molar-refractivity contribution in [2.45, 2.75) is 12.8 Å². The van der Waals surface area contributed by atoms with Gasteiger partial charge in [0.1, 0.15) is 0 Å². The van der Waals surface area contributed by atoms with E-state index >= 15 is 0 Å². The van der Waals surface area contributed by atoms with E-state index in [4.69, 9.17) is 5.73 Å². The van der Waals surface area contributed by atoms with Gasteiger partial charge in [0.25, 0.3) is 0 Å². The topological polar surface area (TPSA) is 55.1 Å². The number of hydrogen-bond donors (Lipinski definition) is 2.